The van der Waals surface area contributed by atoms with Crippen molar-refractivity contribution < 1.29 is 0 Å². The first-order valence-corrected chi connectivity index (χ1v) is 7.35. The third kappa shape index (κ3) is 2.14. The fourth-order valence-electron chi connectivity index (χ4n) is 3.44. The molecule has 1 aromatic carbocycles. The van der Waals surface area contributed by atoms with Gasteiger partial charge in [-0.2, -0.15) is 0 Å². The van der Waals surface area contributed by atoms with Gasteiger partial charge in [0.2, 0.25) is 0 Å². The highest BCUT2D eigenvalue weighted by atomic mass is 15.1. The van der Waals surface area contributed by atoms with Crippen LogP contribution in [-0.2, 0) is 6.42 Å². The van der Waals surface area contributed by atoms with Gasteiger partial charge in [-0.05, 0) is 48.8 Å². The molecule has 0 aromatic heterocycles. The van der Waals surface area contributed by atoms with Crippen molar-refractivity contribution in [2.24, 2.45) is 0 Å². The predicted octanol–water partition coefficient (Wildman–Crippen LogP) is 2.92. The van der Waals surface area contributed by atoms with Gasteiger partial charge in [0.1, 0.15) is 0 Å². The summed E-state index contributed by atoms with van der Waals surface area (Å²) in [6.07, 6.45) is 5.12. The molecular formula is C16H24N2. The molecule has 0 aliphatic carbocycles. The Morgan fingerprint density at radius 1 is 1.39 bits per heavy atom. The first kappa shape index (κ1) is 12.0. The van der Waals surface area contributed by atoms with Crippen LogP contribution in [0.1, 0.15) is 43.2 Å². The molecular weight excluding hydrogens is 220 g/mol. The smallest absolute Gasteiger partial charge is 0.0396 e. The lowest BCUT2D eigenvalue weighted by molar-refractivity contribution is 0.582. The average Bonchev–Trinajstić information content (AvgIpc) is 2.87. The van der Waals surface area contributed by atoms with Gasteiger partial charge in [0.25, 0.3) is 0 Å². The van der Waals surface area contributed by atoms with Crippen LogP contribution >= 0.6 is 0 Å². The summed E-state index contributed by atoms with van der Waals surface area (Å²) in [5, 5.41) is 3.63. The maximum atomic E-state index is 3.63. The largest absolute Gasteiger partial charge is 0.374 e. The molecule has 2 atom stereocenters. The summed E-state index contributed by atoms with van der Waals surface area (Å²) in [5.41, 5.74) is 4.55. The van der Waals surface area contributed by atoms with Crippen LogP contribution in [0.3, 0.4) is 0 Å². The number of hydrogen-bond donors (Lipinski definition) is 1. The van der Waals surface area contributed by atoms with E-state index in [1.165, 1.54) is 37.9 Å². The highest BCUT2D eigenvalue weighted by Crippen LogP contribution is 2.32. The molecule has 2 unspecified atom stereocenters. The molecule has 18 heavy (non-hydrogen) atoms. The monoisotopic (exact) mass is 244 g/mol. The lowest BCUT2D eigenvalue weighted by Gasteiger charge is -2.28. The van der Waals surface area contributed by atoms with Crippen LogP contribution in [0.25, 0.3) is 0 Å². The van der Waals surface area contributed by atoms with E-state index in [4.69, 9.17) is 0 Å². The fraction of sp³-hybridized carbons (Fsp3) is 0.625. The molecule has 98 valence electrons. The van der Waals surface area contributed by atoms with Gasteiger partial charge in [0.05, 0.1) is 0 Å². The van der Waals surface area contributed by atoms with Gasteiger partial charge < -0.3 is 10.2 Å². The predicted molar refractivity (Wildman–Crippen MR) is 77.5 cm³/mol. The van der Waals surface area contributed by atoms with Gasteiger partial charge in [-0.1, -0.05) is 19.1 Å². The standard InChI is InChI=1S/C16H24N2/c1-3-15-10-14(11-17-15)12-6-7-16-13(9-12)5-4-8-18(16)2/h6-7,9,14-15,17H,3-5,8,10-11H2,1-2H3. The van der Waals surface area contributed by atoms with Crippen LogP contribution in [0.5, 0.6) is 0 Å². The number of nitrogens with zero attached hydrogens (tertiary/aromatic N) is 1. The Morgan fingerprint density at radius 3 is 3.06 bits per heavy atom. The molecule has 0 amide bonds. The lowest BCUT2D eigenvalue weighted by Crippen LogP contribution is -2.24. The quantitative estimate of drug-likeness (QED) is 0.860. The van der Waals surface area contributed by atoms with Gasteiger partial charge in [0, 0.05) is 31.9 Å². The Bertz CT molecular complexity index is 427. The molecule has 1 fully saturated rings. The molecule has 0 bridgehead atoms. The van der Waals surface area contributed by atoms with Crippen molar-refractivity contribution in [3.8, 4) is 0 Å². The molecule has 1 saturated heterocycles. The van der Waals surface area contributed by atoms with Crippen LogP contribution in [0.4, 0.5) is 5.69 Å². The van der Waals surface area contributed by atoms with Crippen molar-refractivity contribution in [2.45, 2.75) is 44.6 Å². The van der Waals surface area contributed by atoms with E-state index >= 15 is 0 Å². The van der Waals surface area contributed by atoms with Crippen molar-refractivity contribution in [1.29, 1.82) is 0 Å². The summed E-state index contributed by atoms with van der Waals surface area (Å²) in [6.45, 7) is 4.64. The zero-order chi connectivity index (χ0) is 12.5. The van der Waals surface area contributed by atoms with E-state index in [1.54, 1.807) is 11.1 Å². The Balaban J connectivity index is 1.82. The second kappa shape index (κ2) is 4.93. The van der Waals surface area contributed by atoms with Crippen LogP contribution < -0.4 is 10.2 Å². The lowest BCUT2D eigenvalue weighted by atomic mass is 9.91. The second-order valence-electron chi connectivity index (χ2n) is 5.86. The summed E-state index contributed by atoms with van der Waals surface area (Å²) < 4.78 is 0. The Labute approximate surface area is 110 Å². The van der Waals surface area contributed by atoms with Gasteiger partial charge >= 0.3 is 0 Å². The van der Waals surface area contributed by atoms with E-state index in [0.29, 0.717) is 0 Å². The zero-order valence-electron chi connectivity index (χ0n) is 11.6. The molecule has 0 spiro atoms. The number of aryl methyl sites for hydroxylation is 1. The molecule has 2 aliphatic heterocycles. The normalized spacial score (nSPS) is 27.3. The highest BCUT2D eigenvalue weighted by Gasteiger charge is 2.25. The van der Waals surface area contributed by atoms with Crippen LogP contribution in [-0.4, -0.2) is 26.2 Å². The molecule has 0 radical (unpaired) electrons. The summed E-state index contributed by atoms with van der Waals surface area (Å²) in [7, 11) is 2.21. The number of fused-ring (bicyclic) bond motifs is 1. The highest BCUT2D eigenvalue weighted by molar-refractivity contribution is 5.56. The third-order valence-electron chi connectivity index (χ3n) is 4.64. The van der Waals surface area contributed by atoms with E-state index < -0.39 is 0 Å². The molecule has 0 saturated carbocycles. The average molecular weight is 244 g/mol. The van der Waals surface area contributed by atoms with E-state index in [0.717, 1.165) is 18.5 Å². The molecule has 2 nitrogen and oxygen atoms in total. The molecule has 1 N–H and O–H groups in total. The zero-order valence-corrected chi connectivity index (χ0v) is 11.6. The van der Waals surface area contributed by atoms with Crippen molar-refractivity contribution in [3.05, 3.63) is 29.3 Å². The molecule has 1 aromatic rings. The van der Waals surface area contributed by atoms with Gasteiger partial charge in [-0.25, -0.2) is 0 Å². The van der Waals surface area contributed by atoms with Crippen LogP contribution in [0, 0.1) is 0 Å². The fourth-order valence-corrected chi connectivity index (χ4v) is 3.44. The van der Waals surface area contributed by atoms with Crippen molar-refractivity contribution in [3.63, 3.8) is 0 Å². The minimum absolute atomic E-state index is 0.729. The van der Waals surface area contributed by atoms with E-state index in [1.807, 2.05) is 0 Å². The molecule has 2 heteroatoms. The molecule has 2 aliphatic rings. The first-order valence-electron chi connectivity index (χ1n) is 7.35. The number of benzene rings is 1. The topological polar surface area (TPSA) is 15.3 Å². The first-order chi connectivity index (χ1) is 8.78. The Hall–Kier alpha value is -1.02. The van der Waals surface area contributed by atoms with Gasteiger partial charge in [-0.3, -0.25) is 0 Å². The summed E-state index contributed by atoms with van der Waals surface area (Å²) in [5.74, 6) is 0.729. The van der Waals surface area contributed by atoms with Crippen molar-refractivity contribution in [2.75, 3.05) is 25.0 Å². The number of hydrogen-bond acceptors (Lipinski definition) is 2. The van der Waals surface area contributed by atoms with Gasteiger partial charge in [-0.15, -0.1) is 0 Å². The number of anilines is 1. The van der Waals surface area contributed by atoms with Crippen LogP contribution in [0.15, 0.2) is 18.2 Å². The maximum absolute atomic E-state index is 3.63. The molecule has 2 heterocycles. The minimum atomic E-state index is 0.729. The van der Waals surface area contributed by atoms with Gasteiger partial charge in [0.15, 0.2) is 0 Å². The maximum Gasteiger partial charge on any atom is 0.0396 e. The van der Waals surface area contributed by atoms with Crippen molar-refractivity contribution >= 4 is 5.69 Å². The molecule has 3 rings (SSSR count). The Morgan fingerprint density at radius 2 is 2.28 bits per heavy atom. The number of nitrogens with one attached hydrogen (secondary N) is 1. The minimum Gasteiger partial charge on any atom is -0.374 e. The summed E-state index contributed by atoms with van der Waals surface area (Å²) in [4.78, 5) is 2.39. The summed E-state index contributed by atoms with van der Waals surface area (Å²) >= 11 is 0. The SMILES string of the molecule is CCC1CC(c2ccc3c(c2)CCCN3C)CN1. The van der Waals surface area contributed by atoms with E-state index in [-0.39, 0.29) is 0 Å². The van der Waals surface area contributed by atoms with E-state index in [2.05, 4.69) is 42.4 Å². The van der Waals surface area contributed by atoms with Crippen molar-refractivity contribution in [1.82, 2.24) is 5.32 Å². The number of rotatable bonds is 2. The second-order valence-corrected chi connectivity index (χ2v) is 5.86. The third-order valence-corrected chi connectivity index (χ3v) is 4.64. The van der Waals surface area contributed by atoms with Crippen LogP contribution in [0.2, 0.25) is 0 Å². The Kier molecular flexibility index (Phi) is 3.29. The summed E-state index contributed by atoms with van der Waals surface area (Å²) in [6, 6.07) is 7.89. The van der Waals surface area contributed by atoms with E-state index in [9.17, 15) is 0 Å².